The number of esters is 1. The Morgan fingerprint density at radius 3 is 2.33 bits per heavy atom. The van der Waals surface area contributed by atoms with Gasteiger partial charge >= 0.3 is 5.97 Å². The van der Waals surface area contributed by atoms with E-state index in [-0.39, 0.29) is 72.0 Å². The molecule has 0 aromatic rings. The van der Waals surface area contributed by atoms with E-state index < -0.39 is 29.9 Å². The number of rotatable bonds is 21. The van der Waals surface area contributed by atoms with Gasteiger partial charge < -0.3 is 34.7 Å². The Kier molecular flexibility index (Phi) is 18.0. The maximum absolute atomic E-state index is 13.1. The van der Waals surface area contributed by atoms with Crippen molar-refractivity contribution in [2.75, 3.05) is 11.0 Å². The summed E-state index contributed by atoms with van der Waals surface area (Å²) in [5, 5.41) is 17.2. The number of epoxide rings is 1. The molecule has 12 nitrogen and oxygen atoms in total. The smallest absolute Gasteiger partial charge is 0.303 e. The molecule has 2 amide bonds. The second-order valence-corrected chi connectivity index (χ2v) is 17.0. The van der Waals surface area contributed by atoms with Gasteiger partial charge in [0.05, 0.1) is 35.4 Å². The van der Waals surface area contributed by atoms with Crippen molar-refractivity contribution in [3.63, 3.8) is 0 Å². The first kappa shape index (κ1) is 45.2. The monoisotopic (exact) mass is 882 g/mol. The van der Waals surface area contributed by atoms with Crippen molar-refractivity contribution in [1.29, 1.82) is 0 Å². The predicted octanol–water partition coefficient (Wildman–Crippen LogP) is 5.56. The van der Waals surface area contributed by atoms with Crippen LogP contribution in [0.5, 0.6) is 0 Å². The minimum atomic E-state index is -0.821. The van der Waals surface area contributed by atoms with Crippen LogP contribution < -0.4 is 10.6 Å². The highest BCUT2D eigenvalue weighted by molar-refractivity contribution is 14.1. The van der Waals surface area contributed by atoms with E-state index in [2.05, 4.69) is 46.2 Å². The van der Waals surface area contributed by atoms with Crippen molar-refractivity contribution in [2.24, 2.45) is 11.8 Å². The minimum absolute atomic E-state index is 0.0205. The summed E-state index contributed by atoms with van der Waals surface area (Å²) < 4.78 is 23.9. The van der Waals surface area contributed by atoms with E-state index >= 15 is 0 Å². The molecule has 3 saturated heterocycles. The zero-order valence-electron chi connectivity index (χ0n) is 33.3. The van der Waals surface area contributed by atoms with Gasteiger partial charge in [0.15, 0.2) is 0 Å². The highest BCUT2D eigenvalue weighted by atomic mass is 127. The van der Waals surface area contributed by atoms with Gasteiger partial charge in [-0.1, -0.05) is 66.2 Å². The summed E-state index contributed by atoms with van der Waals surface area (Å²) in [6.07, 6.45) is 15.4. The first-order chi connectivity index (χ1) is 26.2. The van der Waals surface area contributed by atoms with Crippen LogP contribution in [-0.2, 0) is 42.9 Å². The van der Waals surface area contributed by atoms with E-state index in [1.54, 1.807) is 13.0 Å². The number of aliphatic hydroxyl groups excluding tert-OH is 1. The molecule has 9 atom stereocenters. The van der Waals surface area contributed by atoms with Gasteiger partial charge in [0.1, 0.15) is 35.5 Å². The summed E-state index contributed by atoms with van der Waals surface area (Å²) in [7, 11) is 0. The third-order valence-electron chi connectivity index (χ3n) is 11.3. The number of aliphatic hydroxyl groups is 1. The second-order valence-electron chi connectivity index (χ2n) is 16.3. The van der Waals surface area contributed by atoms with Crippen LogP contribution in [-0.4, -0.2) is 99.8 Å². The molecule has 0 bridgehead atoms. The molecule has 1 aliphatic carbocycles. The highest BCUT2D eigenvalue weighted by Gasteiger charge is 2.58. The normalized spacial score (nSPS) is 32.6. The van der Waals surface area contributed by atoms with Crippen molar-refractivity contribution >= 4 is 51.9 Å². The number of unbranched alkanes of at least 4 members (excludes halogenated alkanes) is 3. The molecule has 3 N–H and O–H groups in total. The number of allylic oxidation sites excluding steroid dienone is 2. The second kappa shape index (κ2) is 21.9. The molecule has 308 valence electrons. The molecule has 0 radical (unpaired) electrons. The van der Waals surface area contributed by atoms with E-state index in [1.807, 2.05) is 26.0 Å². The molecule has 3 heterocycles. The Morgan fingerprint density at radius 2 is 1.65 bits per heavy atom. The number of carbonyl (C=O) groups is 5. The van der Waals surface area contributed by atoms with Crippen molar-refractivity contribution in [2.45, 2.75) is 172 Å². The summed E-state index contributed by atoms with van der Waals surface area (Å²) in [5.74, 6) is 0.282. The van der Waals surface area contributed by atoms with Crippen LogP contribution in [0.4, 0.5) is 0 Å². The fourth-order valence-electron chi connectivity index (χ4n) is 7.89. The molecule has 55 heavy (non-hydrogen) atoms. The number of halogens is 1. The van der Waals surface area contributed by atoms with E-state index in [1.165, 1.54) is 13.0 Å². The van der Waals surface area contributed by atoms with Crippen molar-refractivity contribution < 1.29 is 48.0 Å². The number of amides is 2. The molecule has 4 rings (SSSR count). The third kappa shape index (κ3) is 15.1. The lowest BCUT2D eigenvalue weighted by molar-refractivity contribution is -0.145. The molecule has 4 fully saturated rings. The van der Waals surface area contributed by atoms with Crippen LogP contribution in [0.25, 0.3) is 0 Å². The topological polar surface area (TPSA) is 170 Å². The number of hydrogen-bond acceptors (Lipinski definition) is 10. The van der Waals surface area contributed by atoms with Gasteiger partial charge in [-0.3, -0.25) is 24.0 Å². The van der Waals surface area contributed by atoms with Crippen molar-refractivity contribution in [3.05, 3.63) is 36.0 Å². The number of ether oxygens (including phenoxy) is 4. The van der Waals surface area contributed by atoms with Crippen LogP contribution in [0, 0.1) is 11.8 Å². The van der Waals surface area contributed by atoms with E-state index in [0.29, 0.717) is 43.1 Å². The maximum atomic E-state index is 13.1. The third-order valence-corrected chi connectivity index (χ3v) is 12.1. The lowest BCUT2D eigenvalue weighted by Crippen LogP contribution is -2.50. The van der Waals surface area contributed by atoms with Crippen molar-refractivity contribution in [1.82, 2.24) is 10.6 Å². The van der Waals surface area contributed by atoms with Gasteiger partial charge in [-0.05, 0) is 77.2 Å². The van der Waals surface area contributed by atoms with Crippen LogP contribution >= 0.6 is 22.6 Å². The van der Waals surface area contributed by atoms with E-state index in [9.17, 15) is 29.1 Å². The lowest BCUT2D eigenvalue weighted by atomic mass is 9.76. The summed E-state index contributed by atoms with van der Waals surface area (Å²) in [4.78, 5) is 60.4. The average Bonchev–Trinajstić information content (AvgIpc) is 3.88. The average molecular weight is 883 g/mol. The van der Waals surface area contributed by atoms with Crippen LogP contribution in [0.15, 0.2) is 36.0 Å². The fourth-order valence-corrected chi connectivity index (χ4v) is 8.28. The maximum Gasteiger partial charge on any atom is 0.303 e. The number of nitrogens with one attached hydrogen (secondary N) is 2. The summed E-state index contributed by atoms with van der Waals surface area (Å²) in [6.45, 7) is 9.54. The van der Waals surface area contributed by atoms with Crippen molar-refractivity contribution in [3.8, 4) is 0 Å². The Hall–Kier alpha value is -2.46. The number of hydrogen-bond donors (Lipinski definition) is 3. The zero-order valence-corrected chi connectivity index (χ0v) is 35.4. The molecule has 1 spiro atoms. The zero-order chi connectivity index (χ0) is 40.1. The molecule has 4 aliphatic rings. The molecule has 0 aromatic carbocycles. The Morgan fingerprint density at radius 1 is 0.945 bits per heavy atom. The standard InChI is InChI=1S/C42H63IN2O10/c1-26(12-15-37-27(2)18-36(29(4)54-37)45-40(50)17-14-28(3)53-30(5)46)13-16-38-41(51)42(25-52-42)23-35(55-38)22-34(48)21-31-19-32(20-31)44-39(49)11-9-7-6-8-10-33(47)24-43/h12-14,16-17,27-29,31-32,35-38,41,51H,6-11,15,18-25H2,1-5H3,(H,44,49)(H,45,50)/b16-13+,17-14-,26-12+/t27-,28-,29+,31?,32?,35+,36+,37-,38+,41+,42+/m0/s1. The van der Waals surface area contributed by atoms with Crippen LogP contribution in [0.2, 0.25) is 0 Å². The number of ketones is 2. The van der Waals surface area contributed by atoms with E-state index in [4.69, 9.17) is 18.9 Å². The molecule has 13 heteroatoms. The first-order valence-corrected chi connectivity index (χ1v) is 21.7. The number of carbonyl (C=O) groups excluding carboxylic acids is 5. The van der Waals surface area contributed by atoms with Gasteiger partial charge in [-0.2, -0.15) is 0 Å². The molecule has 0 aromatic heterocycles. The predicted molar refractivity (Wildman–Crippen MR) is 216 cm³/mol. The summed E-state index contributed by atoms with van der Waals surface area (Å²) in [6, 6.07) is -0.0142. The largest absolute Gasteiger partial charge is 0.459 e. The van der Waals surface area contributed by atoms with Gasteiger partial charge in [0.25, 0.3) is 0 Å². The summed E-state index contributed by atoms with van der Waals surface area (Å²) in [5.41, 5.74) is 0.329. The molecular weight excluding hydrogens is 819 g/mol. The van der Waals surface area contributed by atoms with Crippen LogP contribution in [0.3, 0.4) is 0 Å². The number of Topliss-reactive ketones (excluding diaryl/α,β-unsaturated/α-hetero) is 2. The highest BCUT2D eigenvalue weighted by Crippen LogP contribution is 2.44. The Labute approximate surface area is 340 Å². The molecular formula is C42H63IN2O10. The Balaban J connectivity index is 1.15. The SMILES string of the molecule is CC(=O)O[C@@H](C)/C=C\C(=O)N[C@@H]1C[C@H](C)[C@H](C/C=C(C)/C=C/[C@H]2O[C@H](CC(=O)CC3CC(NC(=O)CCCCCCC(=O)CI)C3)C[C@@]3(CO3)[C@@H]2O)O[C@@H]1C. The quantitative estimate of drug-likeness (QED) is 0.0253. The fraction of sp³-hybridized carbons (Fsp3) is 0.738. The van der Waals surface area contributed by atoms with Crippen LogP contribution in [0.1, 0.15) is 118 Å². The van der Waals surface area contributed by atoms with Gasteiger partial charge in [0.2, 0.25) is 11.8 Å². The van der Waals surface area contributed by atoms with Gasteiger partial charge in [-0.25, -0.2) is 0 Å². The minimum Gasteiger partial charge on any atom is -0.459 e. The van der Waals surface area contributed by atoms with Gasteiger partial charge in [-0.15, -0.1) is 0 Å². The lowest BCUT2D eigenvalue weighted by Gasteiger charge is -2.39. The number of alkyl halides is 1. The summed E-state index contributed by atoms with van der Waals surface area (Å²) >= 11 is 2.09. The van der Waals surface area contributed by atoms with E-state index in [0.717, 1.165) is 50.5 Å². The molecule has 0 unspecified atom stereocenters. The Bertz CT molecular complexity index is 1420. The molecule has 1 saturated carbocycles. The first-order valence-electron chi connectivity index (χ1n) is 20.2. The van der Waals surface area contributed by atoms with Gasteiger partial charge in [0, 0.05) is 51.1 Å². The molecule has 3 aliphatic heterocycles.